The van der Waals surface area contributed by atoms with Crippen LogP contribution in [-0.2, 0) is 39.9 Å². The van der Waals surface area contributed by atoms with Gasteiger partial charge in [0.1, 0.15) is 34.2 Å². The van der Waals surface area contributed by atoms with Crippen molar-refractivity contribution in [3.05, 3.63) is 173 Å². The minimum atomic E-state index is -0.519. The Hall–Kier alpha value is -10.4. The number of rotatable bonds is 19. The number of piperidine rings is 1. The zero-order valence-electron chi connectivity index (χ0n) is 53.1. The number of methoxy groups -OCH3 is 2. The molecule has 0 bridgehead atoms. The molecule has 0 radical (unpaired) electrons. The summed E-state index contributed by atoms with van der Waals surface area (Å²) in [4.78, 5) is 88.0. The van der Waals surface area contributed by atoms with Gasteiger partial charge in [0.25, 0.3) is 17.0 Å². The molecule has 0 spiro atoms. The quantitative estimate of drug-likeness (QED) is 0.0626. The highest BCUT2D eigenvalue weighted by Gasteiger charge is 2.27. The molecule has 1 saturated heterocycles. The van der Waals surface area contributed by atoms with Crippen LogP contribution in [0.2, 0.25) is 0 Å². The van der Waals surface area contributed by atoms with Crippen molar-refractivity contribution in [1.82, 2.24) is 79.4 Å². The fourth-order valence-corrected chi connectivity index (χ4v) is 11.7. The molecule has 0 aliphatic carbocycles. The number of amides is 3. The number of thiazole rings is 2. The molecule has 9 heterocycles. The lowest BCUT2D eigenvalue weighted by Gasteiger charge is -2.35. The van der Waals surface area contributed by atoms with Gasteiger partial charge in [0.15, 0.2) is 21.9 Å². The number of likely N-dealkylation sites (N-methyl/N-ethyl adjacent to an activating group) is 1. The van der Waals surface area contributed by atoms with E-state index in [-0.39, 0.29) is 64.0 Å². The van der Waals surface area contributed by atoms with Crippen LogP contribution in [0.1, 0.15) is 116 Å². The molecule has 482 valence electrons. The van der Waals surface area contributed by atoms with E-state index in [4.69, 9.17) is 14.5 Å². The summed E-state index contributed by atoms with van der Waals surface area (Å²) in [6, 6.07) is 21.4. The number of tetrazole rings is 2. The maximum absolute atomic E-state index is 14.2. The number of hydrogen-bond acceptors (Lipinski definition) is 22. The molecule has 1 atom stereocenters. The van der Waals surface area contributed by atoms with Crippen LogP contribution in [0.5, 0.6) is 17.4 Å². The van der Waals surface area contributed by atoms with Crippen LogP contribution in [0.3, 0.4) is 0 Å². The summed E-state index contributed by atoms with van der Waals surface area (Å²) >= 11 is 2.73. The Labute approximate surface area is 542 Å². The number of ether oxygens (including phenoxy) is 2. The van der Waals surface area contributed by atoms with Crippen molar-refractivity contribution in [2.45, 2.75) is 90.8 Å². The van der Waals surface area contributed by atoms with Crippen molar-refractivity contribution in [3.63, 3.8) is 0 Å². The topological polar surface area (TPSA) is 314 Å². The molecule has 0 saturated carbocycles. The van der Waals surface area contributed by atoms with Gasteiger partial charge >= 0.3 is 0 Å². The van der Waals surface area contributed by atoms with E-state index in [9.17, 15) is 29.1 Å². The highest BCUT2D eigenvalue weighted by atomic mass is 32.1. The second kappa shape index (κ2) is 28.4. The van der Waals surface area contributed by atoms with Crippen molar-refractivity contribution < 1.29 is 29.0 Å². The summed E-state index contributed by atoms with van der Waals surface area (Å²) in [7, 11) is 6.92. The predicted molar refractivity (Wildman–Crippen MR) is 356 cm³/mol. The molecule has 0 unspecified atom stereocenters. The maximum atomic E-state index is 14.2. The van der Waals surface area contributed by atoms with E-state index in [1.54, 1.807) is 54.1 Å². The molecule has 10 aromatic rings. The predicted octanol–water partition coefficient (Wildman–Crippen LogP) is 7.11. The number of carbonyl (C=O) groups excluding carboxylic acids is 3. The smallest absolute Gasteiger partial charge is 0.269 e. The molecular weight excluding hydrogens is 1230 g/mol. The van der Waals surface area contributed by atoms with Gasteiger partial charge in [-0.15, -0.1) is 32.9 Å². The lowest BCUT2D eigenvalue weighted by atomic mass is 9.93. The third kappa shape index (κ3) is 16.4. The minimum absolute atomic E-state index is 0.0498. The average molecular weight is 1300 g/mol. The molecule has 29 heteroatoms. The molecule has 27 nitrogen and oxygen atoms in total. The van der Waals surface area contributed by atoms with Crippen molar-refractivity contribution in [3.8, 4) is 17.4 Å². The normalized spacial score (nSPS) is 13.6. The SMILES string of the molecule is COc1ccc(Cn2nnnc2/C=C/c2c(N3CCC[C@H](NC(=O)CN(C)C)C3)nc3cc(CC(=O)Nc4nc(C(C)(C)C)cs4)ccn3c2=O)cc1.COc1ccc(Cn2nnnc2/C=C/c2c(O)nc3cc(C(=O)Nc4nc(C(C)(C)C)cs4)ccn3c2=O)cc1. The van der Waals surface area contributed by atoms with Gasteiger partial charge in [-0.1, -0.05) is 65.8 Å². The first-order valence-corrected chi connectivity index (χ1v) is 31.4. The number of pyridine rings is 2. The average Bonchev–Trinajstić information content (AvgIpc) is 1.59. The lowest BCUT2D eigenvalue weighted by Crippen LogP contribution is -2.50. The molecule has 1 aliphatic heterocycles. The van der Waals surface area contributed by atoms with Gasteiger partial charge in [0.2, 0.25) is 17.7 Å². The van der Waals surface area contributed by atoms with Gasteiger partial charge in [-0.3, -0.25) is 38.1 Å². The molecule has 1 aliphatic rings. The fourth-order valence-electron chi connectivity index (χ4n) is 9.83. The van der Waals surface area contributed by atoms with E-state index in [0.717, 1.165) is 46.9 Å². The summed E-state index contributed by atoms with van der Waals surface area (Å²) in [6.45, 7) is 14.6. The summed E-state index contributed by atoms with van der Waals surface area (Å²) in [6.07, 6.45) is 11.1. The first-order valence-electron chi connectivity index (χ1n) is 29.7. The monoisotopic (exact) mass is 1300 g/mol. The number of hydrogen-bond donors (Lipinski definition) is 4. The second-order valence-corrected chi connectivity index (χ2v) is 26.0. The minimum Gasteiger partial charge on any atom is -0.497 e. The first kappa shape index (κ1) is 65.6. The third-order valence-electron chi connectivity index (χ3n) is 14.8. The Morgan fingerprint density at radius 1 is 0.667 bits per heavy atom. The zero-order valence-corrected chi connectivity index (χ0v) is 54.7. The molecule has 1 fully saturated rings. The Balaban J connectivity index is 0.000000211. The van der Waals surface area contributed by atoms with Crippen LogP contribution >= 0.6 is 22.7 Å². The van der Waals surface area contributed by atoms with Gasteiger partial charge < -0.3 is 35.0 Å². The zero-order chi connectivity index (χ0) is 66.1. The second-order valence-electron chi connectivity index (χ2n) is 24.3. The largest absolute Gasteiger partial charge is 0.497 e. The third-order valence-corrected chi connectivity index (χ3v) is 16.4. The van der Waals surface area contributed by atoms with Crippen molar-refractivity contribution in [2.75, 3.05) is 63.5 Å². The molecular formula is C64H71N19O8S2. The van der Waals surface area contributed by atoms with Crippen LogP contribution in [0.15, 0.2) is 106 Å². The number of carbonyl (C=O) groups is 3. The van der Waals surface area contributed by atoms with E-state index in [1.807, 2.05) is 104 Å². The standard InChI is InChI=1S/C37H45N11O4S.C27H26N8O4S/c1-37(2,3)29-23-53-36(39-29)41-32(49)19-25-15-17-47-31(18-25)40-34(46-16-7-8-26(21-46)38-33(50)22-45(4)5)28(35(47)51)13-14-30-42-43-44-48(30)20-24-9-11-27(52-6)12-10-24;1-27(2,3)20-15-40-26(28-20)30-23(36)17-11-12-34-22(13-17)29-24(37)19(25(34)38)9-10-21-31-32-33-35(21)14-16-5-7-18(39-4)8-6-16/h9-15,17-18,23,26H,7-8,16,19-22H2,1-6H3,(H,38,50)(H,39,41,49);5-13,15,37H,14H2,1-4H3,(H,28,30,36)/b14-13+;10-9+/t26-;/m0./s1. The number of benzene rings is 2. The van der Waals surface area contributed by atoms with Gasteiger partial charge in [-0.25, -0.2) is 24.3 Å². The number of aromatic hydroxyl groups is 1. The van der Waals surface area contributed by atoms with Crippen LogP contribution in [-0.4, -0.2) is 151 Å². The number of nitrogens with one attached hydrogen (secondary N) is 3. The molecule has 3 amide bonds. The van der Waals surface area contributed by atoms with Crippen molar-refractivity contribution in [2.24, 2.45) is 0 Å². The number of nitrogens with zero attached hydrogens (tertiary/aromatic N) is 16. The fraction of sp³-hybridized carbons (Fsp3) is 0.328. The molecule has 11 rings (SSSR count). The number of fused-ring (bicyclic) bond motifs is 2. The van der Waals surface area contributed by atoms with Crippen molar-refractivity contribution >= 4 is 92.1 Å². The van der Waals surface area contributed by atoms with Crippen LogP contribution in [0.25, 0.3) is 35.6 Å². The first-order chi connectivity index (χ1) is 44.5. The molecule has 93 heavy (non-hydrogen) atoms. The highest BCUT2D eigenvalue weighted by molar-refractivity contribution is 7.14. The van der Waals surface area contributed by atoms with Gasteiger partial charge in [-0.2, -0.15) is 4.98 Å². The summed E-state index contributed by atoms with van der Waals surface area (Å²) in [5, 5.41) is 48.2. The summed E-state index contributed by atoms with van der Waals surface area (Å²) in [5.74, 6) is 1.64. The Bertz CT molecular complexity index is 4520. The van der Waals surface area contributed by atoms with Gasteiger partial charge in [-0.05, 0) is 137 Å². The van der Waals surface area contributed by atoms with E-state index < -0.39 is 17.3 Å². The Kier molecular flexibility index (Phi) is 20.0. The molecule has 4 N–H and O–H groups in total. The Morgan fingerprint density at radius 2 is 1.20 bits per heavy atom. The maximum Gasteiger partial charge on any atom is 0.269 e. The van der Waals surface area contributed by atoms with Gasteiger partial charge in [0.05, 0.1) is 57.2 Å². The molecule has 8 aromatic heterocycles. The number of aromatic nitrogens is 14. The van der Waals surface area contributed by atoms with Crippen LogP contribution < -0.4 is 41.4 Å². The van der Waals surface area contributed by atoms with Crippen LogP contribution in [0.4, 0.5) is 16.1 Å². The van der Waals surface area contributed by atoms with E-state index in [0.29, 0.717) is 70.7 Å². The van der Waals surface area contributed by atoms with Crippen LogP contribution in [0, 0.1) is 0 Å². The summed E-state index contributed by atoms with van der Waals surface area (Å²) < 4.78 is 16.4. The molecule has 2 aromatic carbocycles. The van der Waals surface area contributed by atoms with E-state index in [1.165, 1.54) is 62.0 Å². The number of anilines is 3. The van der Waals surface area contributed by atoms with Crippen molar-refractivity contribution in [1.29, 1.82) is 0 Å². The lowest BCUT2D eigenvalue weighted by molar-refractivity contribution is -0.122. The Morgan fingerprint density at radius 3 is 1.75 bits per heavy atom. The van der Waals surface area contributed by atoms with Gasteiger partial charge in [0, 0.05) is 58.7 Å². The highest BCUT2D eigenvalue weighted by Crippen LogP contribution is 2.29. The summed E-state index contributed by atoms with van der Waals surface area (Å²) in [5.41, 5.74) is 4.42. The van der Waals surface area contributed by atoms with E-state index in [2.05, 4.69) is 82.7 Å². The van der Waals surface area contributed by atoms with E-state index >= 15 is 0 Å².